The average molecular weight is 333 g/mol. The van der Waals surface area contributed by atoms with Gasteiger partial charge < -0.3 is 4.55 Å². The van der Waals surface area contributed by atoms with Gasteiger partial charge in [-0.1, -0.05) is 0 Å². The summed E-state index contributed by atoms with van der Waals surface area (Å²) in [4.78, 5) is 0. The lowest BCUT2D eigenvalue weighted by molar-refractivity contribution is 0.251. The molecule has 0 bridgehead atoms. The second-order valence-electron chi connectivity index (χ2n) is 4.29. The van der Waals surface area contributed by atoms with Gasteiger partial charge in [0, 0.05) is 42.3 Å². The van der Waals surface area contributed by atoms with Crippen molar-refractivity contribution >= 4 is 18.3 Å². The van der Waals surface area contributed by atoms with Crippen molar-refractivity contribution in [2.24, 2.45) is 0 Å². The molecule has 0 aromatic heterocycles. The molecule has 20 heavy (non-hydrogen) atoms. The zero-order valence-electron chi connectivity index (χ0n) is 13.7. The largest absolute Gasteiger partial charge is 0.726 e. The molecule has 0 saturated heterocycles. The first kappa shape index (κ1) is 22.4. The standard InChI is InChI=1S/C8H23N3OP.C2H6O4S/c1-8-12-13(9(2)3,10(4)5)11(6)7;1-2-6-7(3,4)5/h8H2,1-7H3;2H2,1H3,(H,3,4,5)/q+1;/p-1. The van der Waals surface area contributed by atoms with Crippen LogP contribution < -0.4 is 0 Å². The molecule has 0 fully saturated rings. The summed E-state index contributed by atoms with van der Waals surface area (Å²) in [5.74, 6) is 0. The molecule has 0 aliphatic rings. The summed E-state index contributed by atoms with van der Waals surface area (Å²) in [5.41, 5.74) is 0. The average Bonchev–Trinajstić information content (AvgIpc) is 2.23. The summed E-state index contributed by atoms with van der Waals surface area (Å²) in [6.07, 6.45) is 0. The van der Waals surface area contributed by atoms with Gasteiger partial charge in [-0.3, -0.25) is 4.18 Å². The molecule has 0 heterocycles. The van der Waals surface area contributed by atoms with E-state index in [0.29, 0.717) is 0 Å². The van der Waals surface area contributed by atoms with Crippen molar-refractivity contribution in [1.29, 1.82) is 0 Å². The van der Waals surface area contributed by atoms with Crippen LogP contribution >= 0.6 is 7.94 Å². The fraction of sp³-hybridized carbons (Fsp3) is 1.00. The highest BCUT2D eigenvalue weighted by Gasteiger charge is 2.50. The highest BCUT2D eigenvalue weighted by molar-refractivity contribution is 7.80. The Bertz CT molecular complexity index is 327. The van der Waals surface area contributed by atoms with Crippen molar-refractivity contribution in [3.8, 4) is 0 Å². The van der Waals surface area contributed by atoms with Crippen LogP contribution in [0.15, 0.2) is 0 Å². The molecular formula is C10H28N3O5PS. The fourth-order valence-corrected chi connectivity index (χ4v) is 5.21. The first-order valence-corrected chi connectivity index (χ1v) is 9.02. The van der Waals surface area contributed by atoms with E-state index in [0.717, 1.165) is 6.61 Å². The zero-order valence-corrected chi connectivity index (χ0v) is 15.4. The third-order valence-electron chi connectivity index (χ3n) is 2.13. The molecule has 10 heteroatoms. The quantitative estimate of drug-likeness (QED) is 0.385. The van der Waals surface area contributed by atoms with Crippen LogP contribution in [0, 0.1) is 0 Å². The van der Waals surface area contributed by atoms with Gasteiger partial charge in [-0.05, 0) is 13.8 Å². The molecule has 0 rings (SSSR count). The Morgan fingerprint density at radius 2 is 1.25 bits per heavy atom. The van der Waals surface area contributed by atoms with Crippen molar-refractivity contribution in [3.05, 3.63) is 0 Å². The topological polar surface area (TPSA) is 85.4 Å². The Hall–Kier alpha value is 0.140. The maximum Gasteiger partial charge on any atom is 0.369 e. The van der Waals surface area contributed by atoms with E-state index >= 15 is 0 Å². The minimum Gasteiger partial charge on any atom is -0.726 e. The predicted molar refractivity (Wildman–Crippen MR) is 80.9 cm³/mol. The van der Waals surface area contributed by atoms with E-state index in [1.807, 2.05) is 6.92 Å². The van der Waals surface area contributed by atoms with Crippen molar-refractivity contribution in [2.75, 3.05) is 55.5 Å². The fourth-order valence-electron chi connectivity index (χ4n) is 1.74. The van der Waals surface area contributed by atoms with Crippen molar-refractivity contribution < 1.29 is 21.7 Å². The van der Waals surface area contributed by atoms with E-state index in [1.54, 1.807) is 0 Å². The maximum absolute atomic E-state index is 9.45. The van der Waals surface area contributed by atoms with Crippen LogP contribution in [0.3, 0.4) is 0 Å². The molecule has 0 atom stereocenters. The number of hydrogen-bond acceptors (Lipinski definition) is 8. The van der Waals surface area contributed by atoms with Crippen LogP contribution in [0.25, 0.3) is 0 Å². The van der Waals surface area contributed by atoms with Gasteiger partial charge in [0.05, 0.1) is 13.2 Å². The van der Waals surface area contributed by atoms with E-state index in [4.69, 9.17) is 4.52 Å². The summed E-state index contributed by atoms with van der Waals surface area (Å²) in [7, 11) is 6.22. The number of hydrogen-bond donors (Lipinski definition) is 0. The normalized spacial score (nSPS) is 12.8. The smallest absolute Gasteiger partial charge is 0.369 e. The molecule has 0 N–H and O–H groups in total. The molecule has 124 valence electrons. The second-order valence-corrected chi connectivity index (χ2v) is 9.02. The van der Waals surface area contributed by atoms with E-state index in [9.17, 15) is 13.0 Å². The first-order chi connectivity index (χ1) is 8.95. The Morgan fingerprint density at radius 3 is 1.30 bits per heavy atom. The van der Waals surface area contributed by atoms with Crippen molar-refractivity contribution in [1.82, 2.24) is 14.0 Å². The first-order valence-electron chi connectivity index (χ1n) is 6.12. The second kappa shape index (κ2) is 9.97. The van der Waals surface area contributed by atoms with Gasteiger partial charge in [0.25, 0.3) is 0 Å². The van der Waals surface area contributed by atoms with E-state index in [2.05, 4.69) is 60.5 Å². The Kier molecular flexibility index (Phi) is 11.2. The minimum absolute atomic E-state index is 0.0914. The SMILES string of the molecule is CCOS(=O)(=O)[O-].CCO[P+](N(C)C)(N(C)C)N(C)C. The van der Waals surface area contributed by atoms with Crippen LogP contribution in [0.2, 0.25) is 0 Å². The lowest BCUT2D eigenvalue weighted by Crippen LogP contribution is -2.37. The third kappa shape index (κ3) is 7.80. The minimum atomic E-state index is -4.42. The Labute approximate surface area is 124 Å². The summed E-state index contributed by atoms with van der Waals surface area (Å²) < 4.78 is 44.4. The Balaban J connectivity index is 0. The van der Waals surface area contributed by atoms with Crippen LogP contribution in [-0.2, 0) is 19.1 Å². The van der Waals surface area contributed by atoms with Crippen LogP contribution in [-0.4, -0.2) is 82.5 Å². The highest BCUT2D eigenvalue weighted by atomic mass is 32.3. The van der Waals surface area contributed by atoms with E-state index in [1.165, 1.54) is 6.92 Å². The van der Waals surface area contributed by atoms with Gasteiger partial charge in [0.1, 0.15) is 0 Å². The molecule has 8 nitrogen and oxygen atoms in total. The number of nitrogens with zero attached hydrogens (tertiary/aromatic N) is 3. The lowest BCUT2D eigenvalue weighted by atomic mass is 10.9. The molecule has 0 radical (unpaired) electrons. The molecule has 0 aromatic rings. The molecule has 0 amide bonds. The molecule has 0 spiro atoms. The zero-order chi connectivity index (χ0) is 16.6. The van der Waals surface area contributed by atoms with Gasteiger partial charge in [-0.25, -0.2) is 8.42 Å². The van der Waals surface area contributed by atoms with Crippen LogP contribution in [0.4, 0.5) is 0 Å². The van der Waals surface area contributed by atoms with Crippen LogP contribution in [0.5, 0.6) is 0 Å². The van der Waals surface area contributed by atoms with E-state index < -0.39 is 18.3 Å². The highest BCUT2D eigenvalue weighted by Crippen LogP contribution is 2.64. The third-order valence-corrected chi connectivity index (χ3v) is 6.38. The molecule has 0 saturated carbocycles. The molecule has 0 aliphatic heterocycles. The van der Waals surface area contributed by atoms with Crippen molar-refractivity contribution in [2.45, 2.75) is 13.8 Å². The molecule has 0 aromatic carbocycles. The van der Waals surface area contributed by atoms with Crippen molar-refractivity contribution in [3.63, 3.8) is 0 Å². The molecule has 0 unspecified atom stereocenters. The summed E-state index contributed by atoms with van der Waals surface area (Å²) in [6, 6.07) is 0. The van der Waals surface area contributed by atoms with Gasteiger partial charge in [0.2, 0.25) is 10.4 Å². The lowest BCUT2D eigenvalue weighted by Gasteiger charge is -2.36. The van der Waals surface area contributed by atoms with Gasteiger partial charge in [-0.2, -0.15) is 4.52 Å². The summed E-state index contributed by atoms with van der Waals surface area (Å²) in [6.45, 7) is 4.11. The van der Waals surface area contributed by atoms with Crippen LogP contribution in [0.1, 0.15) is 13.8 Å². The molecular weight excluding hydrogens is 305 g/mol. The predicted octanol–water partition coefficient (Wildman–Crippen LogP) is 0.868. The molecule has 0 aliphatic carbocycles. The summed E-state index contributed by atoms with van der Waals surface area (Å²) >= 11 is 0. The summed E-state index contributed by atoms with van der Waals surface area (Å²) in [5, 5.41) is 0. The Morgan fingerprint density at radius 1 is 0.900 bits per heavy atom. The van der Waals surface area contributed by atoms with Gasteiger partial charge in [-0.15, -0.1) is 14.0 Å². The maximum atomic E-state index is 9.45. The van der Waals surface area contributed by atoms with Gasteiger partial charge in [0.15, 0.2) is 0 Å². The van der Waals surface area contributed by atoms with E-state index in [-0.39, 0.29) is 6.61 Å². The van der Waals surface area contributed by atoms with Gasteiger partial charge >= 0.3 is 7.94 Å². The number of rotatable bonds is 7. The monoisotopic (exact) mass is 333 g/mol.